The van der Waals surface area contributed by atoms with Gasteiger partial charge in [-0.15, -0.1) is 0 Å². The number of hydrogen-bond donors (Lipinski definition) is 1. The molecule has 324 valence electrons. The Balaban J connectivity index is 1.07. The van der Waals surface area contributed by atoms with Crippen LogP contribution in [0.15, 0.2) is 54.7 Å². The summed E-state index contributed by atoms with van der Waals surface area (Å²) < 4.78 is 77.7. The van der Waals surface area contributed by atoms with Gasteiger partial charge in [0.15, 0.2) is 16.6 Å². The zero-order chi connectivity index (χ0) is 44.6. The van der Waals surface area contributed by atoms with E-state index in [0.29, 0.717) is 51.9 Å². The maximum atomic E-state index is 15.2. The lowest BCUT2D eigenvalue weighted by molar-refractivity contribution is -0.138. The summed E-state index contributed by atoms with van der Waals surface area (Å²) in [4.78, 5) is 60.7. The number of rotatable bonds is 13. The van der Waals surface area contributed by atoms with E-state index >= 15 is 8.78 Å². The van der Waals surface area contributed by atoms with Crippen molar-refractivity contribution in [3.05, 3.63) is 82.7 Å². The van der Waals surface area contributed by atoms with Gasteiger partial charge in [-0.1, -0.05) is 24.3 Å². The first-order valence-electron chi connectivity index (χ1n) is 19.8. The number of Topliss-reactive ketones (excluding diaryl/α,β-unsaturated/α-hetero) is 1. The highest BCUT2D eigenvalue weighted by Gasteiger charge is 2.51. The van der Waals surface area contributed by atoms with E-state index < -0.39 is 40.4 Å². The van der Waals surface area contributed by atoms with Gasteiger partial charge in [-0.25, -0.2) is 13.8 Å². The lowest BCUT2D eigenvalue weighted by atomic mass is 9.90. The molecule has 3 aliphatic rings. The molecule has 2 aromatic carbocycles. The number of carbonyl (C=O) groups excluding carboxylic acids is 4. The van der Waals surface area contributed by atoms with E-state index in [2.05, 4.69) is 20.1 Å². The number of benzene rings is 2. The molecule has 0 spiro atoms. The molecule has 3 fully saturated rings. The van der Waals surface area contributed by atoms with Gasteiger partial charge in [0.25, 0.3) is 11.8 Å². The highest BCUT2D eigenvalue weighted by molar-refractivity contribution is 7.81. The predicted molar refractivity (Wildman–Crippen MR) is 219 cm³/mol. The third kappa shape index (κ3) is 9.90. The molecule has 0 saturated carbocycles. The van der Waals surface area contributed by atoms with Gasteiger partial charge in [0.1, 0.15) is 24.0 Å². The Bertz CT molecular complexity index is 2280. The fourth-order valence-electron chi connectivity index (χ4n) is 8.13. The average molecular weight is 868 g/mol. The van der Waals surface area contributed by atoms with Gasteiger partial charge in [0, 0.05) is 63.1 Å². The van der Waals surface area contributed by atoms with E-state index in [9.17, 15) is 32.3 Å². The van der Waals surface area contributed by atoms with Gasteiger partial charge in [-0.3, -0.25) is 39.2 Å². The maximum absolute atomic E-state index is 15.2. The van der Waals surface area contributed by atoms with Crippen LogP contribution in [0, 0.1) is 17.2 Å². The van der Waals surface area contributed by atoms with Crippen LogP contribution in [0.1, 0.15) is 75.4 Å². The van der Waals surface area contributed by atoms with Gasteiger partial charge in [-0.05, 0) is 88.1 Å². The molecule has 4 heterocycles. The smallest absolute Gasteiger partial charge is 0.419 e. The molecule has 3 atom stereocenters. The average Bonchev–Trinajstić information content (AvgIpc) is 3.35. The van der Waals surface area contributed by atoms with E-state index in [4.69, 9.17) is 22.2 Å². The number of alkyl halides is 5. The van der Waals surface area contributed by atoms with Crippen LogP contribution in [0.25, 0.3) is 0 Å². The molecule has 3 aromatic rings. The number of halogens is 5. The second kappa shape index (κ2) is 17.5. The van der Waals surface area contributed by atoms with Gasteiger partial charge in [0.05, 0.1) is 29.6 Å². The van der Waals surface area contributed by atoms with Crippen molar-refractivity contribution >= 4 is 52.2 Å². The summed E-state index contributed by atoms with van der Waals surface area (Å²) in [5.74, 6) is -5.01. The SMILES string of the molecule is C[C@@H]1CN(CC(=O)Cc2cccc(CC3CCC(=O)NC3=O)c2)[C@H](C)CN1CCOc1ccc(N2C(=S)N(c3cnc(C#N)c(C(F)(F)F)c3)C(=O)C2(C)C)cc1C(C)(F)F. The van der Waals surface area contributed by atoms with Crippen LogP contribution in [-0.4, -0.2) is 93.8 Å². The van der Waals surface area contributed by atoms with Crippen molar-refractivity contribution in [2.75, 3.05) is 42.6 Å². The third-order valence-electron chi connectivity index (χ3n) is 11.4. The number of ether oxygens (including phenoxy) is 1. The van der Waals surface area contributed by atoms with Gasteiger partial charge < -0.3 is 9.64 Å². The van der Waals surface area contributed by atoms with Crippen molar-refractivity contribution in [3.8, 4) is 11.8 Å². The summed E-state index contributed by atoms with van der Waals surface area (Å²) in [6.07, 6.45) is -2.50. The molecule has 1 N–H and O–H groups in total. The molecule has 1 aromatic heterocycles. The number of pyridine rings is 1. The molecule has 3 amide bonds. The van der Waals surface area contributed by atoms with Crippen molar-refractivity contribution in [3.63, 3.8) is 0 Å². The highest BCUT2D eigenvalue weighted by Crippen LogP contribution is 2.43. The van der Waals surface area contributed by atoms with Crippen LogP contribution < -0.4 is 19.9 Å². The van der Waals surface area contributed by atoms with Gasteiger partial charge >= 0.3 is 6.18 Å². The first kappa shape index (κ1) is 45.2. The molecule has 0 bridgehead atoms. The summed E-state index contributed by atoms with van der Waals surface area (Å²) >= 11 is 5.57. The zero-order valence-electron chi connectivity index (χ0n) is 34.3. The van der Waals surface area contributed by atoms with Crippen LogP contribution in [0.2, 0.25) is 0 Å². The van der Waals surface area contributed by atoms with Crippen molar-refractivity contribution in [1.29, 1.82) is 5.26 Å². The van der Waals surface area contributed by atoms with Gasteiger partial charge in [0.2, 0.25) is 11.8 Å². The van der Waals surface area contributed by atoms with Crippen LogP contribution in [0.5, 0.6) is 5.75 Å². The lowest BCUT2D eigenvalue weighted by Gasteiger charge is -2.43. The van der Waals surface area contributed by atoms with Crippen molar-refractivity contribution < 1.29 is 45.9 Å². The van der Waals surface area contributed by atoms with E-state index in [1.54, 1.807) is 0 Å². The maximum Gasteiger partial charge on any atom is 0.419 e. The second-order valence-corrected chi connectivity index (χ2v) is 16.8. The van der Waals surface area contributed by atoms with Crippen LogP contribution in [0.3, 0.4) is 0 Å². The number of carbonyl (C=O) groups is 4. The van der Waals surface area contributed by atoms with Crippen LogP contribution in [-0.2, 0) is 44.1 Å². The Morgan fingerprint density at radius 2 is 1.66 bits per heavy atom. The van der Waals surface area contributed by atoms with Crippen molar-refractivity contribution in [2.45, 2.75) is 90.0 Å². The standard InChI is InChI=1S/C43H46F5N7O5S/c1-25-23-53(24-32(56)17-28-8-6-7-27(15-28)16-29-9-12-37(57)51-38(29)58)26(2)22-52(25)13-14-60-36-11-10-30(18-34(36)42(5,44)45)55-40(61)54(39(59)41(55,3)4)31-19-33(43(46,47)48)35(20-49)50-21-31/h6-8,10-11,15,18-19,21,25-26,29H,9,12-14,16-17,22-24H2,1-5H3,(H,51,57,58)/t25-,26-,29?/m1/s1. The molecule has 3 aliphatic heterocycles. The molecular weight excluding hydrogens is 822 g/mol. The molecular formula is C43H46F5N7O5S. The number of aromatic nitrogens is 1. The molecule has 0 aliphatic carbocycles. The van der Waals surface area contributed by atoms with Crippen molar-refractivity contribution in [2.24, 2.45) is 5.92 Å². The van der Waals surface area contributed by atoms with E-state index in [1.807, 2.05) is 38.1 Å². The molecule has 61 heavy (non-hydrogen) atoms. The predicted octanol–water partition coefficient (Wildman–Crippen LogP) is 6.18. The Hall–Kier alpha value is -5.38. The highest BCUT2D eigenvalue weighted by atomic mass is 32.1. The van der Waals surface area contributed by atoms with Crippen LogP contribution >= 0.6 is 12.2 Å². The summed E-state index contributed by atoms with van der Waals surface area (Å²) in [5.41, 5.74) is -2.71. The van der Waals surface area contributed by atoms with E-state index in [0.717, 1.165) is 28.3 Å². The van der Waals surface area contributed by atoms with E-state index in [-0.39, 0.29) is 77.4 Å². The lowest BCUT2D eigenvalue weighted by Crippen LogP contribution is -2.58. The molecule has 3 saturated heterocycles. The number of ketones is 1. The minimum absolute atomic E-state index is 0.00359. The Morgan fingerprint density at radius 3 is 2.33 bits per heavy atom. The number of nitrogens with zero attached hydrogens (tertiary/aromatic N) is 6. The Morgan fingerprint density at radius 1 is 0.984 bits per heavy atom. The number of anilines is 2. The minimum atomic E-state index is -4.95. The largest absolute Gasteiger partial charge is 0.492 e. The number of amides is 3. The fraction of sp³-hybridized carbons (Fsp3) is 0.465. The summed E-state index contributed by atoms with van der Waals surface area (Å²) in [6, 6.07) is 13.6. The number of nitriles is 1. The quantitative estimate of drug-likeness (QED) is 0.120. The van der Waals surface area contributed by atoms with E-state index in [1.165, 1.54) is 36.9 Å². The molecule has 12 nitrogen and oxygen atoms in total. The Kier molecular flexibility index (Phi) is 13.0. The number of nitrogens with one attached hydrogen (secondary N) is 1. The third-order valence-corrected chi connectivity index (χ3v) is 11.8. The number of piperazine rings is 1. The van der Waals surface area contributed by atoms with Gasteiger partial charge in [-0.2, -0.15) is 18.4 Å². The molecule has 1 unspecified atom stereocenters. The fourth-order valence-corrected chi connectivity index (χ4v) is 8.65. The summed E-state index contributed by atoms with van der Waals surface area (Å²) in [7, 11) is 0. The number of hydrogen-bond acceptors (Lipinski definition) is 10. The molecule has 6 rings (SSSR count). The zero-order valence-corrected chi connectivity index (χ0v) is 35.1. The number of imide groups is 1. The first-order chi connectivity index (χ1) is 28.6. The van der Waals surface area contributed by atoms with Crippen molar-refractivity contribution in [1.82, 2.24) is 20.1 Å². The normalized spacial score (nSPS) is 21.4. The molecule has 18 heteroatoms. The summed E-state index contributed by atoms with van der Waals surface area (Å²) in [5, 5.41) is 11.3. The number of thiocarbonyl (C=S) groups is 1. The van der Waals surface area contributed by atoms with Crippen LogP contribution in [0.4, 0.5) is 33.3 Å². The number of piperidine rings is 1. The molecule has 0 radical (unpaired) electrons. The minimum Gasteiger partial charge on any atom is -0.492 e. The topological polar surface area (TPSA) is 139 Å². The second-order valence-electron chi connectivity index (χ2n) is 16.4. The monoisotopic (exact) mass is 867 g/mol. The summed E-state index contributed by atoms with van der Waals surface area (Å²) in [6.45, 7) is 9.55. The first-order valence-corrected chi connectivity index (χ1v) is 20.2. The Labute approximate surface area is 355 Å².